The minimum absolute atomic E-state index is 0.0454. The van der Waals surface area contributed by atoms with E-state index in [0.29, 0.717) is 17.8 Å². The van der Waals surface area contributed by atoms with Crippen molar-refractivity contribution in [3.63, 3.8) is 0 Å². The Morgan fingerprint density at radius 2 is 1.85 bits per heavy atom. The van der Waals surface area contributed by atoms with Crippen LogP contribution >= 0.6 is 0 Å². The molecular weight excluding hydrogens is 424 g/mol. The summed E-state index contributed by atoms with van der Waals surface area (Å²) in [6, 6.07) is 16.9. The molecule has 5 rings (SSSR count). The van der Waals surface area contributed by atoms with E-state index in [0.717, 1.165) is 11.3 Å². The number of carbonyl (C=O) groups is 2. The van der Waals surface area contributed by atoms with Gasteiger partial charge in [-0.25, -0.2) is 9.78 Å². The number of aromatic nitrogens is 2. The lowest BCUT2D eigenvalue weighted by Gasteiger charge is -2.41. The quantitative estimate of drug-likeness (QED) is 0.338. The third-order valence-corrected chi connectivity index (χ3v) is 6.73. The Bertz CT molecular complexity index is 1230. The van der Waals surface area contributed by atoms with E-state index in [9.17, 15) is 19.7 Å². The van der Waals surface area contributed by atoms with Gasteiger partial charge in [-0.05, 0) is 11.1 Å². The molecule has 0 saturated carbocycles. The van der Waals surface area contributed by atoms with Gasteiger partial charge in [0.2, 0.25) is 0 Å². The maximum atomic E-state index is 13.4. The molecule has 2 aliphatic rings. The number of carbonyl (C=O) groups excluding carboxylic acids is 2. The van der Waals surface area contributed by atoms with Crippen LogP contribution in [0.3, 0.4) is 0 Å². The summed E-state index contributed by atoms with van der Waals surface area (Å²) in [5, 5.41) is 12.1. The molecule has 1 fully saturated rings. The smallest absolute Gasteiger partial charge is 0.333 e. The van der Waals surface area contributed by atoms with Gasteiger partial charge in [0.15, 0.2) is 5.54 Å². The summed E-state index contributed by atoms with van der Waals surface area (Å²) < 4.78 is 7.08. The lowest BCUT2D eigenvalue weighted by Crippen LogP contribution is -2.58. The van der Waals surface area contributed by atoms with Crippen molar-refractivity contribution in [3.05, 3.63) is 99.6 Å². The van der Waals surface area contributed by atoms with Gasteiger partial charge in [0.1, 0.15) is 0 Å². The minimum atomic E-state index is -1.59. The molecule has 168 valence electrons. The molecule has 2 aromatic carbocycles. The highest BCUT2D eigenvalue weighted by molar-refractivity contribution is 5.97. The van der Waals surface area contributed by atoms with Crippen molar-refractivity contribution in [2.24, 2.45) is 0 Å². The Hall–Kier alpha value is -4.01. The Labute approximate surface area is 189 Å². The number of benzene rings is 2. The zero-order valence-corrected chi connectivity index (χ0v) is 18.0. The average Bonchev–Trinajstić information content (AvgIpc) is 3.34. The lowest BCUT2D eigenvalue weighted by molar-refractivity contribution is -0.510. The fourth-order valence-corrected chi connectivity index (χ4v) is 5.27. The number of hydrogen-bond acceptors (Lipinski definition) is 6. The first-order valence-corrected chi connectivity index (χ1v) is 10.6. The summed E-state index contributed by atoms with van der Waals surface area (Å²) in [4.78, 5) is 44.1. The largest absolute Gasteiger partial charge is 0.467 e. The number of nitro groups is 1. The van der Waals surface area contributed by atoms with Crippen LogP contribution < -0.4 is 0 Å². The number of methoxy groups -OCH3 is 1. The first kappa shape index (κ1) is 20.9. The standard InChI is InChI=1S/C24H22N4O5/c1-33-23(30)24-12-18-19(26(15-25-18)13-16-8-4-2-5-9-16)14-27(24)22(29)21(28(31)32)20(24)17-10-6-3-7-11-17/h2-11,15,20-21H,12-14H2,1H3/t20-,21-,24+/m0/s1. The van der Waals surface area contributed by atoms with Gasteiger partial charge in [-0.1, -0.05) is 60.7 Å². The molecule has 1 amide bonds. The molecule has 3 aromatic rings. The normalized spacial score (nSPS) is 23.7. The van der Waals surface area contributed by atoms with E-state index in [4.69, 9.17) is 4.74 Å². The minimum Gasteiger partial charge on any atom is -0.467 e. The van der Waals surface area contributed by atoms with E-state index >= 15 is 0 Å². The predicted octanol–water partition coefficient (Wildman–Crippen LogP) is 2.17. The van der Waals surface area contributed by atoms with Crippen molar-refractivity contribution >= 4 is 11.9 Å². The van der Waals surface area contributed by atoms with Crippen LogP contribution in [0.25, 0.3) is 0 Å². The SMILES string of the molecule is COC(=O)[C@]12Cc3ncn(Cc4ccccc4)c3CN1C(=O)[C@@H]([N+](=O)[O-])[C@@H]2c1ccccc1. The van der Waals surface area contributed by atoms with E-state index in [1.165, 1.54) is 12.0 Å². The molecule has 9 nitrogen and oxygen atoms in total. The number of ether oxygens (including phenoxy) is 1. The molecule has 2 aliphatic heterocycles. The van der Waals surface area contributed by atoms with Gasteiger partial charge in [-0.3, -0.25) is 14.9 Å². The number of esters is 1. The van der Waals surface area contributed by atoms with Gasteiger partial charge in [-0.15, -0.1) is 0 Å². The molecule has 0 radical (unpaired) electrons. The summed E-state index contributed by atoms with van der Waals surface area (Å²) in [5.74, 6) is -2.35. The monoisotopic (exact) mass is 446 g/mol. The first-order valence-electron chi connectivity index (χ1n) is 10.6. The Morgan fingerprint density at radius 1 is 1.18 bits per heavy atom. The topological polar surface area (TPSA) is 108 Å². The molecule has 9 heteroatoms. The molecule has 3 atom stereocenters. The van der Waals surface area contributed by atoms with Crippen LogP contribution in [0.15, 0.2) is 67.0 Å². The van der Waals surface area contributed by atoms with Crippen molar-refractivity contribution in [2.75, 3.05) is 7.11 Å². The van der Waals surface area contributed by atoms with Crippen molar-refractivity contribution < 1.29 is 19.2 Å². The molecule has 0 bridgehead atoms. The van der Waals surface area contributed by atoms with Gasteiger partial charge in [0.05, 0.1) is 37.3 Å². The highest BCUT2D eigenvalue weighted by atomic mass is 16.6. The molecule has 1 aromatic heterocycles. The van der Waals surface area contributed by atoms with Crippen LogP contribution in [-0.2, 0) is 33.8 Å². The summed E-state index contributed by atoms with van der Waals surface area (Å²) in [6.07, 6.45) is 1.74. The molecule has 3 heterocycles. The lowest BCUT2D eigenvalue weighted by atomic mass is 9.73. The fourth-order valence-electron chi connectivity index (χ4n) is 5.27. The van der Waals surface area contributed by atoms with E-state index in [2.05, 4.69) is 4.98 Å². The number of amides is 1. The molecule has 0 aliphatic carbocycles. The second kappa shape index (κ2) is 7.84. The number of fused-ring (bicyclic) bond motifs is 2. The van der Waals surface area contributed by atoms with Crippen LogP contribution in [0.2, 0.25) is 0 Å². The van der Waals surface area contributed by atoms with Crippen molar-refractivity contribution in [2.45, 2.75) is 37.0 Å². The molecular formula is C24H22N4O5. The highest BCUT2D eigenvalue weighted by Crippen LogP contribution is 2.50. The van der Waals surface area contributed by atoms with Crippen LogP contribution in [0.4, 0.5) is 0 Å². The van der Waals surface area contributed by atoms with Gasteiger partial charge < -0.3 is 14.2 Å². The van der Waals surface area contributed by atoms with E-state index in [1.54, 1.807) is 36.7 Å². The van der Waals surface area contributed by atoms with E-state index < -0.39 is 34.3 Å². The van der Waals surface area contributed by atoms with Gasteiger partial charge in [0, 0.05) is 17.9 Å². The zero-order valence-electron chi connectivity index (χ0n) is 18.0. The van der Waals surface area contributed by atoms with Crippen LogP contribution in [0, 0.1) is 10.1 Å². The van der Waals surface area contributed by atoms with Crippen molar-refractivity contribution in [1.29, 1.82) is 0 Å². The maximum Gasteiger partial charge on any atom is 0.333 e. The molecule has 1 saturated heterocycles. The van der Waals surface area contributed by atoms with Gasteiger partial charge in [0.25, 0.3) is 11.9 Å². The third-order valence-electron chi connectivity index (χ3n) is 6.73. The number of rotatable bonds is 5. The van der Waals surface area contributed by atoms with Gasteiger partial charge >= 0.3 is 5.97 Å². The third kappa shape index (κ3) is 3.11. The molecule has 0 N–H and O–H groups in total. The first-order chi connectivity index (χ1) is 16.0. The zero-order chi connectivity index (χ0) is 23.2. The highest BCUT2D eigenvalue weighted by Gasteiger charge is 2.70. The maximum absolute atomic E-state index is 13.4. The average molecular weight is 446 g/mol. The molecule has 0 unspecified atom stereocenters. The summed E-state index contributed by atoms with van der Waals surface area (Å²) in [5.41, 5.74) is 1.48. The van der Waals surface area contributed by atoms with Crippen LogP contribution in [-0.4, -0.2) is 49.9 Å². The molecule has 33 heavy (non-hydrogen) atoms. The number of imidazole rings is 1. The fraction of sp³-hybridized carbons (Fsp3) is 0.292. The predicted molar refractivity (Wildman–Crippen MR) is 117 cm³/mol. The van der Waals surface area contributed by atoms with E-state index in [-0.39, 0.29) is 13.0 Å². The Kier molecular flexibility index (Phi) is 4.96. The second-order valence-electron chi connectivity index (χ2n) is 8.39. The molecule has 0 spiro atoms. The van der Waals surface area contributed by atoms with Crippen LogP contribution in [0.5, 0.6) is 0 Å². The van der Waals surface area contributed by atoms with Crippen molar-refractivity contribution in [3.8, 4) is 0 Å². The number of hydrogen-bond donors (Lipinski definition) is 0. The van der Waals surface area contributed by atoms with E-state index in [1.807, 2.05) is 34.9 Å². The summed E-state index contributed by atoms with van der Waals surface area (Å²) in [7, 11) is 1.24. The number of nitrogens with zero attached hydrogens (tertiary/aromatic N) is 4. The van der Waals surface area contributed by atoms with Crippen LogP contribution in [0.1, 0.15) is 28.4 Å². The Balaban J connectivity index is 1.64. The summed E-state index contributed by atoms with van der Waals surface area (Å²) in [6.45, 7) is 0.584. The van der Waals surface area contributed by atoms with Gasteiger partial charge in [-0.2, -0.15) is 0 Å². The Morgan fingerprint density at radius 3 is 2.48 bits per heavy atom. The van der Waals surface area contributed by atoms with Crippen molar-refractivity contribution in [1.82, 2.24) is 14.5 Å². The second-order valence-corrected chi connectivity index (χ2v) is 8.39. The summed E-state index contributed by atoms with van der Waals surface area (Å²) >= 11 is 0.